The van der Waals surface area contributed by atoms with E-state index in [2.05, 4.69) is 4.98 Å². The van der Waals surface area contributed by atoms with Gasteiger partial charge in [0.15, 0.2) is 0 Å². The molecule has 0 saturated carbocycles. The van der Waals surface area contributed by atoms with Gasteiger partial charge in [-0.3, -0.25) is 0 Å². The minimum atomic E-state index is -4.47. The van der Waals surface area contributed by atoms with E-state index in [9.17, 15) is 13.2 Å². The first-order valence-corrected chi connectivity index (χ1v) is 5.74. The fourth-order valence-corrected chi connectivity index (χ4v) is 1.30. The molecule has 102 valence electrons. The monoisotopic (exact) mass is 262 g/mol. The normalized spacial score (nSPS) is 11.9. The van der Waals surface area contributed by atoms with E-state index in [4.69, 9.17) is 10.5 Å². The van der Waals surface area contributed by atoms with E-state index in [-0.39, 0.29) is 12.4 Å². The largest absolute Gasteiger partial charge is 0.477 e. The van der Waals surface area contributed by atoms with E-state index in [0.717, 1.165) is 12.5 Å². The molecule has 0 spiro atoms. The van der Waals surface area contributed by atoms with Gasteiger partial charge in [-0.15, -0.1) is 0 Å². The smallest absolute Gasteiger partial charge is 0.433 e. The van der Waals surface area contributed by atoms with Crippen molar-refractivity contribution in [3.8, 4) is 5.88 Å². The molecule has 0 aliphatic carbocycles. The maximum Gasteiger partial charge on any atom is 0.433 e. The molecule has 6 heteroatoms. The van der Waals surface area contributed by atoms with Crippen LogP contribution in [0, 0.1) is 5.92 Å². The molecule has 1 aromatic rings. The van der Waals surface area contributed by atoms with Crippen LogP contribution in [-0.2, 0) is 12.7 Å². The molecule has 0 aliphatic rings. The van der Waals surface area contributed by atoms with Gasteiger partial charge in [0.05, 0.1) is 6.61 Å². The third-order valence-electron chi connectivity index (χ3n) is 2.38. The molecule has 0 unspecified atom stereocenters. The molecule has 0 amide bonds. The highest BCUT2D eigenvalue weighted by Gasteiger charge is 2.33. The van der Waals surface area contributed by atoms with Crippen LogP contribution in [0.25, 0.3) is 0 Å². The number of ether oxygens (including phenoxy) is 1. The van der Waals surface area contributed by atoms with Crippen LogP contribution in [0.5, 0.6) is 5.88 Å². The maximum atomic E-state index is 12.5. The van der Waals surface area contributed by atoms with Gasteiger partial charge in [-0.2, -0.15) is 13.2 Å². The summed E-state index contributed by atoms with van der Waals surface area (Å²) in [7, 11) is 0. The number of pyridine rings is 1. The first-order chi connectivity index (χ1) is 8.34. The number of alkyl halides is 3. The molecular formula is C12H17F3N2O. The average Bonchev–Trinajstić information content (AvgIpc) is 2.27. The van der Waals surface area contributed by atoms with Gasteiger partial charge in [0.25, 0.3) is 0 Å². The maximum absolute atomic E-state index is 12.5. The third kappa shape index (κ3) is 4.18. The Hall–Kier alpha value is -1.30. The molecule has 3 nitrogen and oxygen atoms in total. The van der Waals surface area contributed by atoms with E-state index in [1.807, 2.05) is 13.8 Å². The van der Waals surface area contributed by atoms with Gasteiger partial charge in [0, 0.05) is 12.1 Å². The van der Waals surface area contributed by atoms with E-state index in [0.29, 0.717) is 18.1 Å². The van der Waals surface area contributed by atoms with Crippen LogP contribution in [0.4, 0.5) is 13.2 Å². The summed E-state index contributed by atoms with van der Waals surface area (Å²) in [6.45, 7) is 4.45. The Morgan fingerprint density at radius 3 is 2.50 bits per heavy atom. The fraction of sp³-hybridized carbons (Fsp3) is 0.583. The van der Waals surface area contributed by atoms with Crippen LogP contribution >= 0.6 is 0 Å². The second-order valence-corrected chi connectivity index (χ2v) is 4.39. The molecule has 0 aromatic carbocycles. The number of hydrogen-bond donors (Lipinski definition) is 1. The fourth-order valence-electron chi connectivity index (χ4n) is 1.30. The Kier molecular flexibility index (Phi) is 4.95. The first-order valence-electron chi connectivity index (χ1n) is 5.74. The molecule has 0 aliphatic heterocycles. The van der Waals surface area contributed by atoms with E-state index >= 15 is 0 Å². The third-order valence-corrected chi connectivity index (χ3v) is 2.38. The number of aromatic nitrogens is 1. The van der Waals surface area contributed by atoms with Crippen LogP contribution in [-0.4, -0.2) is 11.6 Å². The standard InChI is InChI=1S/C12H17F3N2O/c1-8(2)5-6-18-11-9(7-16)3-4-10(17-11)12(13,14)15/h3-4,8H,5-7,16H2,1-2H3. The van der Waals surface area contributed by atoms with E-state index in [1.54, 1.807) is 0 Å². The van der Waals surface area contributed by atoms with Crippen molar-refractivity contribution >= 4 is 0 Å². The van der Waals surface area contributed by atoms with Crippen molar-refractivity contribution in [3.63, 3.8) is 0 Å². The summed E-state index contributed by atoms with van der Waals surface area (Å²) in [4.78, 5) is 3.48. The van der Waals surface area contributed by atoms with Gasteiger partial charge in [0.2, 0.25) is 5.88 Å². The molecule has 0 saturated heterocycles. The first kappa shape index (κ1) is 14.8. The molecule has 1 heterocycles. The summed E-state index contributed by atoms with van der Waals surface area (Å²) in [6.07, 6.45) is -3.72. The van der Waals surface area contributed by atoms with Crippen molar-refractivity contribution < 1.29 is 17.9 Å². The molecule has 0 radical (unpaired) electrons. The Bertz CT molecular complexity index is 391. The van der Waals surface area contributed by atoms with E-state index < -0.39 is 11.9 Å². The minimum absolute atomic E-state index is 0.0204. The van der Waals surface area contributed by atoms with Crippen LogP contribution in [0.3, 0.4) is 0 Å². The lowest BCUT2D eigenvalue weighted by molar-refractivity contribution is -0.141. The van der Waals surface area contributed by atoms with Gasteiger partial charge >= 0.3 is 6.18 Å². The molecule has 2 N–H and O–H groups in total. The van der Waals surface area contributed by atoms with Crippen molar-refractivity contribution in [2.75, 3.05) is 6.61 Å². The number of rotatable bonds is 5. The number of hydrogen-bond acceptors (Lipinski definition) is 3. The predicted molar refractivity (Wildman–Crippen MR) is 62.1 cm³/mol. The van der Waals surface area contributed by atoms with Crippen molar-refractivity contribution in [2.24, 2.45) is 11.7 Å². The number of nitrogens with two attached hydrogens (primary N) is 1. The lowest BCUT2D eigenvalue weighted by atomic mass is 10.1. The highest BCUT2D eigenvalue weighted by Crippen LogP contribution is 2.30. The number of nitrogens with zero attached hydrogens (tertiary/aromatic N) is 1. The summed E-state index contributed by atoms with van der Waals surface area (Å²) in [5.74, 6) is 0.394. The molecule has 1 aromatic heterocycles. The summed E-state index contributed by atoms with van der Waals surface area (Å²) in [5.41, 5.74) is 4.96. The quantitative estimate of drug-likeness (QED) is 0.887. The van der Waals surface area contributed by atoms with Crippen LogP contribution in [0.1, 0.15) is 31.5 Å². The van der Waals surface area contributed by atoms with Crippen LogP contribution in [0.15, 0.2) is 12.1 Å². The van der Waals surface area contributed by atoms with Crippen molar-refractivity contribution in [2.45, 2.75) is 33.0 Å². The summed E-state index contributed by atoms with van der Waals surface area (Å²) >= 11 is 0. The van der Waals surface area contributed by atoms with Crippen molar-refractivity contribution in [3.05, 3.63) is 23.4 Å². The Labute approximate surface area is 104 Å². The highest BCUT2D eigenvalue weighted by atomic mass is 19.4. The lowest BCUT2D eigenvalue weighted by Gasteiger charge is -2.13. The summed E-state index contributed by atoms with van der Waals surface area (Å²) in [6, 6.07) is 2.22. The topological polar surface area (TPSA) is 48.1 Å². The molecule has 0 atom stereocenters. The Morgan fingerprint density at radius 2 is 2.00 bits per heavy atom. The van der Waals surface area contributed by atoms with Crippen molar-refractivity contribution in [1.82, 2.24) is 4.98 Å². The summed E-state index contributed by atoms with van der Waals surface area (Å²) in [5, 5.41) is 0. The zero-order chi connectivity index (χ0) is 13.8. The van der Waals surface area contributed by atoms with Gasteiger partial charge in [0.1, 0.15) is 5.69 Å². The molecular weight excluding hydrogens is 245 g/mol. The van der Waals surface area contributed by atoms with Gasteiger partial charge in [-0.25, -0.2) is 4.98 Å². The lowest BCUT2D eigenvalue weighted by Crippen LogP contribution is -2.13. The molecule has 18 heavy (non-hydrogen) atoms. The van der Waals surface area contributed by atoms with Gasteiger partial charge < -0.3 is 10.5 Å². The SMILES string of the molecule is CC(C)CCOc1nc(C(F)(F)F)ccc1CN. The Balaban J connectivity index is 2.86. The van der Waals surface area contributed by atoms with Gasteiger partial charge in [-0.1, -0.05) is 19.9 Å². The van der Waals surface area contributed by atoms with Crippen LogP contribution in [0.2, 0.25) is 0 Å². The zero-order valence-electron chi connectivity index (χ0n) is 10.4. The number of halogens is 3. The Morgan fingerprint density at radius 1 is 1.33 bits per heavy atom. The van der Waals surface area contributed by atoms with Crippen molar-refractivity contribution in [1.29, 1.82) is 0 Å². The second kappa shape index (κ2) is 6.04. The van der Waals surface area contributed by atoms with Gasteiger partial charge in [-0.05, 0) is 18.4 Å². The van der Waals surface area contributed by atoms with Crippen LogP contribution < -0.4 is 10.5 Å². The van der Waals surface area contributed by atoms with E-state index in [1.165, 1.54) is 6.07 Å². The highest BCUT2D eigenvalue weighted by molar-refractivity contribution is 5.29. The minimum Gasteiger partial charge on any atom is -0.477 e. The molecule has 1 rings (SSSR count). The average molecular weight is 262 g/mol. The zero-order valence-corrected chi connectivity index (χ0v) is 10.4. The second-order valence-electron chi connectivity index (χ2n) is 4.39. The molecule has 0 fully saturated rings. The molecule has 0 bridgehead atoms. The summed E-state index contributed by atoms with van der Waals surface area (Å²) < 4.78 is 42.8. The predicted octanol–water partition coefficient (Wildman–Crippen LogP) is 2.98.